The number of ketones is 1. The Morgan fingerprint density at radius 1 is 0.833 bits per heavy atom. The van der Waals surface area contributed by atoms with Gasteiger partial charge in [-0.25, -0.2) is 4.39 Å². The van der Waals surface area contributed by atoms with Crippen molar-refractivity contribution < 1.29 is 23.1 Å². The monoisotopic (exact) mass is 664 g/mol. The molecule has 251 valence electrons. The first-order chi connectivity index (χ1) is 23.1. The first-order valence-corrected chi connectivity index (χ1v) is 18.4. The number of carbonyl (C=O) groups is 1. The van der Waals surface area contributed by atoms with Gasteiger partial charge in [-0.15, -0.1) is 0 Å². The Bertz CT molecular complexity index is 1710. The van der Waals surface area contributed by atoms with Crippen LogP contribution in [0.3, 0.4) is 0 Å². The van der Waals surface area contributed by atoms with Gasteiger partial charge in [0.1, 0.15) is 0 Å². The number of benzene rings is 4. The number of hydrogen-bond acceptors (Lipinski definition) is 5. The summed E-state index contributed by atoms with van der Waals surface area (Å²) in [6.45, 7) is 9.83. The van der Waals surface area contributed by atoms with Crippen molar-refractivity contribution in [3.05, 3.63) is 119 Å². The van der Waals surface area contributed by atoms with Crippen molar-refractivity contribution in [3.63, 3.8) is 0 Å². The SMILES string of the molecule is COc1cc2c(cc1OC)C(=O)C(F)(CC1CCN(Cc3ccccc3CO[Si](c3ccccc3)c3ccc(C(C)(C)C)cc3)CC1)C2. The van der Waals surface area contributed by atoms with Crippen LogP contribution in [0.5, 0.6) is 11.5 Å². The molecule has 1 atom stereocenters. The Morgan fingerprint density at radius 3 is 2.08 bits per heavy atom. The summed E-state index contributed by atoms with van der Waals surface area (Å²) in [6, 6.07) is 31.5. The highest BCUT2D eigenvalue weighted by atomic mass is 28.3. The molecule has 2 aliphatic rings. The van der Waals surface area contributed by atoms with Gasteiger partial charge in [0.2, 0.25) is 5.78 Å². The number of ether oxygens (including phenoxy) is 2. The predicted molar refractivity (Wildman–Crippen MR) is 192 cm³/mol. The molecule has 0 aromatic heterocycles. The van der Waals surface area contributed by atoms with Crippen molar-refractivity contribution in [1.82, 2.24) is 4.90 Å². The molecule has 4 aromatic rings. The molecule has 0 amide bonds. The van der Waals surface area contributed by atoms with Crippen LogP contribution in [-0.2, 0) is 29.4 Å². The van der Waals surface area contributed by atoms with Crippen molar-refractivity contribution >= 4 is 25.2 Å². The molecule has 1 radical (unpaired) electrons. The smallest absolute Gasteiger partial charge is 0.283 e. The van der Waals surface area contributed by atoms with Gasteiger partial charge in [-0.3, -0.25) is 9.69 Å². The van der Waals surface area contributed by atoms with Gasteiger partial charge < -0.3 is 13.9 Å². The largest absolute Gasteiger partial charge is 0.493 e. The predicted octanol–water partition coefficient (Wildman–Crippen LogP) is 7.07. The van der Waals surface area contributed by atoms with Crippen molar-refractivity contribution in [2.45, 2.75) is 70.7 Å². The molecular formula is C41H47FNO4Si. The molecule has 0 bridgehead atoms. The molecule has 48 heavy (non-hydrogen) atoms. The van der Waals surface area contributed by atoms with Gasteiger partial charge in [0.25, 0.3) is 9.04 Å². The summed E-state index contributed by atoms with van der Waals surface area (Å²) in [5.74, 6) is 0.725. The Morgan fingerprint density at radius 2 is 1.44 bits per heavy atom. The Balaban J connectivity index is 1.08. The molecule has 4 aromatic carbocycles. The third-order valence-electron chi connectivity index (χ3n) is 9.98. The number of nitrogens with zero attached hydrogens (tertiary/aromatic N) is 1. The second kappa shape index (κ2) is 14.4. The van der Waals surface area contributed by atoms with Gasteiger partial charge in [0.05, 0.1) is 20.8 Å². The minimum atomic E-state index is -1.87. The number of fused-ring (bicyclic) bond motifs is 1. The Labute approximate surface area is 286 Å². The zero-order valence-electron chi connectivity index (χ0n) is 28.9. The summed E-state index contributed by atoms with van der Waals surface area (Å²) in [7, 11) is 1.63. The maximum absolute atomic E-state index is 16.3. The molecule has 0 N–H and O–H groups in total. The molecule has 1 aliphatic carbocycles. The second-order valence-electron chi connectivity index (χ2n) is 14.3. The van der Waals surface area contributed by atoms with E-state index >= 15 is 4.39 Å². The van der Waals surface area contributed by atoms with Gasteiger partial charge in [-0.1, -0.05) is 99.6 Å². The number of methoxy groups -OCH3 is 2. The first-order valence-electron chi connectivity index (χ1n) is 17.0. The fraction of sp³-hybridized carbons (Fsp3) is 0.390. The molecular weight excluding hydrogens is 618 g/mol. The van der Waals surface area contributed by atoms with Gasteiger partial charge >= 0.3 is 0 Å². The van der Waals surface area contributed by atoms with Gasteiger partial charge in [-0.2, -0.15) is 0 Å². The van der Waals surface area contributed by atoms with Crippen LogP contribution >= 0.6 is 0 Å². The lowest BCUT2D eigenvalue weighted by atomic mass is 9.83. The number of hydrogen-bond donors (Lipinski definition) is 0. The molecule has 1 aliphatic heterocycles. The number of rotatable bonds is 11. The highest BCUT2D eigenvalue weighted by molar-refractivity contribution is 6.80. The zero-order chi connectivity index (χ0) is 33.9. The zero-order valence-corrected chi connectivity index (χ0v) is 29.9. The van der Waals surface area contributed by atoms with E-state index in [0.717, 1.165) is 32.5 Å². The molecule has 7 heteroatoms. The number of likely N-dealkylation sites (tertiary alicyclic amines) is 1. The standard InChI is InChI=1S/C41H47FNO4Si/c1-40(2,3)33-15-17-35(18-16-33)48(34-13-7-6-8-14-34)47-28-31-12-10-9-11-30(31)27-43-21-19-29(20-22-43)25-41(42)26-32-23-37(45-4)38(46-5)24-36(32)39(41)44/h6-18,23-24,29H,19-22,25-28H2,1-5H3. The van der Waals surface area contributed by atoms with E-state index < -0.39 is 20.5 Å². The minimum absolute atomic E-state index is 0.0995. The van der Waals surface area contributed by atoms with Crippen LogP contribution < -0.4 is 19.8 Å². The second-order valence-corrected chi connectivity index (χ2v) is 16.4. The highest BCUT2D eigenvalue weighted by Crippen LogP contribution is 2.43. The number of piperidine rings is 1. The van der Waals surface area contributed by atoms with E-state index in [1.807, 2.05) is 0 Å². The lowest BCUT2D eigenvalue weighted by molar-refractivity contribution is 0.0587. The van der Waals surface area contributed by atoms with Gasteiger partial charge in [0.15, 0.2) is 17.2 Å². The van der Waals surface area contributed by atoms with Crippen LogP contribution in [0, 0.1) is 5.92 Å². The third-order valence-corrected chi connectivity index (χ3v) is 12.1. The molecule has 0 spiro atoms. The third kappa shape index (κ3) is 7.43. The topological polar surface area (TPSA) is 48.0 Å². The Kier molecular flexibility index (Phi) is 10.2. The normalized spacial score (nSPS) is 18.7. The van der Waals surface area contributed by atoms with E-state index in [4.69, 9.17) is 13.9 Å². The summed E-state index contributed by atoms with van der Waals surface area (Å²) in [5.41, 5.74) is 3.13. The van der Waals surface area contributed by atoms with Crippen LogP contribution in [-0.4, -0.2) is 52.7 Å². The van der Waals surface area contributed by atoms with Crippen LogP contribution in [0.15, 0.2) is 91.0 Å². The summed E-state index contributed by atoms with van der Waals surface area (Å²) in [5, 5.41) is 2.48. The van der Waals surface area contributed by atoms with Crippen molar-refractivity contribution in [2.24, 2.45) is 5.92 Å². The summed E-state index contributed by atoms with van der Waals surface area (Å²) in [4.78, 5) is 15.7. The first kappa shape index (κ1) is 34.1. The van der Waals surface area contributed by atoms with Crippen LogP contribution in [0.2, 0.25) is 0 Å². The molecule has 1 unspecified atom stereocenters. The molecule has 5 nitrogen and oxygen atoms in total. The van der Waals surface area contributed by atoms with Crippen LogP contribution in [0.25, 0.3) is 0 Å². The lowest BCUT2D eigenvalue weighted by Crippen LogP contribution is -2.45. The highest BCUT2D eigenvalue weighted by Gasteiger charge is 2.48. The van der Waals surface area contributed by atoms with E-state index in [-0.39, 0.29) is 24.2 Å². The minimum Gasteiger partial charge on any atom is -0.493 e. The summed E-state index contributed by atoms with van der Waals surface area (Å²) >= 11 is 0. The average Bonchev–Trinajstić information content (AvgIpc) is 3.33. The molecule has 6 rings (SSSR count). The van der Waals surface area contributed by atoms with Crippen molar-refractivity contribution in [1.29, 1.82) is 0 Å². The van der Waals surface area contributed by atoms with Gasteiger partial charge in [0, 0.05) is 18.5 Å². The van der Waals surface area contributed by atoms with Gasteiger partial charge in [-0.05, 0) is 88.4 Å². The number of alkyl halides is 1. The van der Waals surface area contributed by atoms with Crippen LogP contribution in [0.1, 0.15) is 72.6 Å². The Hall–Kier alpha value is -3.78. The molecule has 1 heterocycles. The molecule has 1 fully saturated rings. The maximum Gasteiger partial charge on any atom is 0.283 e. The van der Waals surface area contributed by atoms with E-state index in [1.165, 1.54) is 34.2 Å². The number of Topliss-reactive ketones (excluding diaryl/α,β-unsaturated/α-hetero) is 1. The van der Waals surface area contributed by atoms with E-state index in [9.17, 15) is 4.79 Å². The quantitative estimate of drug-likeness (QED) is 0.161. The fourth-order valence-electron chi connectivity index (χ4n) is 7.16. The van der Waals surface area contributed by atoms with E-state index in [0.29, 0.717) is 29.2 Å². The maximum atomic E-state index is 16.3. The van der Waals surface area contributed by atoms with Crippen molar-refractivity contribution in [3.8, 4) is 11.5 Å². The lowest BCUT2D eigenvalue weighted by Gasteiger charge is -2.34. The van der Waals surface area contributed by atoms with E-state index in [1.54, 1.807) is 19.2 Å². The van der Waals surface area contributed by atoms with Crippen molar-refractivity contribution in [2.75, 3.05) is 27.3 Å². The fourth-order valence-corrected chi connectivity index (χ4v) is 9.09. The summed E-state index contributed by atoms with van der Waals surface area (Å²) < 4.78 is 33.8. The molecule has 0 saturated carbocycles. The summed E-state index contributed by atoms with van der Waals surface area (Å²) in [6.07, 6.45) is 2.09. The van der Waals surface area contributed by atoms with Crippen LogP contribution in [0.4, 0.5) is 4.39 Å². The average molecular weight is 665 g/mol. The molecule has 1 saturated heterocycles. The number of carbonyl (C=O) groups excluding carboxylic acids is 1. The number of halogens is 1. The van der Waals surface area contributed by atoms with E-state index in [2.05, 4.69) is 105 Å².